The van der Waals surface area contributed by atoms with Crippen molar-refractivity contribution in [1.82, 2.24) is 4.98 Å². The zero-order valence-electron chi connectivity index (χ0n) is 11.9. The maximum Gasteiger partial charge on any atom is 0.213 e. The minimum Gasteiger partial charge on any atom is -0.477 e. The van der Waals surface area contributed by atoms with Gasteiger partial charge in [-0.05, 0) is 24.8 Å². The van der Waals surface area contributed by atoms with Gasteiger partial charge in [0.25, 0.3) is 0 Å². The van der Waals surface area contributed by atoms with Gasteiger partial charge in [0.2, 0.25) is 5.88 Å². The molecular weight excluding hydrogens is 224 g/mol. The fourth-order valence-electron chi connectivity index (χ4n) is 1.85. The lowest BCUT2D eigenvalue weighted by Gasteiger charge is -2.15. The van der Waals surface area contributed by atoms with Gasteiger partial charge in [-0.3, -0.25) is 0 Å². The molecule has 18 heavy (non-hydrogen) atoms. The first-order chi connectivity index (χ1) is 8.67. The third-order valence-electron chi connectivity index (χ3n) is 3.30. The summed E-state index contributed by atoms with van der Waals surface area (Å²) in [6.45, 7) is 7.16. The fourth-order valence-corrected chi connectivity index (χ4v) is 1.85. The largest absolute Gasteiger partial charge is 0.477 e. The zero-order chi connectivity index (χ0) is 13.4. The molecule has 0 spiro atoms. The van der Waals surface area contributed by atoms with Gasteiger partial charge in [-0.1, -0.05) is 39.2 Å². The maximum absolute atomic E-state index is 5.78. The van der Waals surface area contributed by atoms with Crippen LogP contribution in [0.3, 0.4) is 0 Å². The molecule has 0 aliphatic carbocycles. The molecular formula is C15H26N2O. The van der Waals surface area contributed by atoms with Crippen LogP contribution in [-0.2, 0) is 0 Å². The highest BCUT2D eigenvalue weighted by atomic mass is 16.5. The van der Waals surface area contributed by atoms with E-state index in [1.165, 1.54) is 19.3 Å². The predicted octanol–water partition coefficient (Wildman–Crippen LogP) is 3.70. The second-order valence-corrected chi connectivity index (χ2v) is 4.95. The van der Waals surface area contributed by atoms with E-state index in [-0.39, 0.29) is 6.04 Å². The summed E-state index contributed by atoms with van der Waals surface area (Å²) >= 11 is 0. The molecule has 3 heteroatoms. The highest BCUT2D eigenvalue weighted by molar-refractivity contribution is 5.19. The molecule has 0 radical (unpaired) electrons. The molecule has 2 N–H and O–H groups in total. The minimum atomic E-state index is 0.0273. The zero-order valence-corrected chi connectivity index (χ0v) is 11.9. The Balaban J connectivity index is 2.42. The summed E-state index contributed by atoms with van der Waals surface area (Å²) in [6.07, 6.45) is 6.73. The summed E-state index contributed by atoms with van der Waals surface area (Å²) in [5, 5.41) is 0. The molecule has 0 saturated carbocycles. The van der Waals surface area contributed by atoms with E-state index in [1.54, 1.807) is 6.20 Å². The van der Waals surface area contributed by atoms with E-state index < -0.39 is 0 Å². The number of unbranched alkanes of at least 4 members (excludes halogenated alkanes) is 1. The second kappa shape index (κ2) is 8.09. The Morgan fingerprint density at radius 2 is 2.11 bits per heavy atom. The highest BCUT2D eigenvalue weighted by Crippen LogP contribution is 2.16. The second-order valence-electron chi connectivity index (χ2n) is 4.95. The molecule has 0 amide bonds. The molecule has 1 aromatic heterocycles. The van der Waals surface area contributed by atoms with Crippen LogP contribution in [-0.4, -0.2) is 11.6 Å². The molecule has 0 fully saturated rings. The first-order valence-corrected chi connectivity index (χ1v) is 7.01. The summed E-state index contributed by atoms with van der Waals surface area (Å²) in [6, 6.07) is 3.92. The molecule has 1 rings (SSSR count). The number of pyridine rings is 1. The number of hydrogen-bond acceptors (Lipinski definition) is 3. The Kier molecular flexibility index (Phi) is 6.73. The van der Waals surface area contributed by atoms with Gasteiger partial charge >= 0.3 is 0 Å². The molecule has 2 unspecified atom stereocenters. The van der Waals surface area contributed by atoms with Gasteiger partial charge in [0, 0.05) is 18.3 Å². The van der Waals surface area contributed by atoms with E-state index in [9.17, 15) is 0 Å². The van der Waals surface area contributed by atoms with Crippen LogP contribution in [0.2, 0.25) is 0 Å². The Morgan fingerprint density at radius 3 is 2.61 bits per heavy atom. The van der Waals surface area contributed by atoms with Gasteiger partial charge in [0.1, 0.15) is 0 Å². The molecule has 1 aromatic rings. The van der Waals surface area contributed by atoms with Gasteiger partial charge < -0.3 is 10.5 Å². The number of rotatable bonds is 8. The quantitative estimate of drug-likeness (QED) is 0.765. The molecule has 1 heterocycles. The topological polar surface area (TPSA) is 48.1 Å². The van der Waals surface area contributed by atoms with Crippen molar-refractivity contribution in [2.45, 2.75) is 52.5 Å². The number of aromatic nitrogens is 1. The van der Waals surface area contributed by atoms with Gasteiger partial charge in [-0.2, -0.15) is 0 Å². The monoisotopic (exact) mass is 250 g/mol. The number of hydrogen-bond donors (Lipinski definition) is 1. The van der Waals surface area contributed by atoms with E-state index in [4.69, 9.17) is 10.5 Å². The van der Waals surface area contributed by atoms with Crippen LogP contribution < -0.4 is 10.5 Å². The summed E-state index contributed by atoms with van der Waals surface area (Å²) < 4.78 is 5.74. The van der Waals surface area contributed by atoms with Crippen molar-refractivity contribution in [2.75, 3.05) is 6.61 Å². The van der Waals surface area contributed by atoms with Gasteiger partial charge in [0.05, 0.1) is 6.61 Å². The lowest BCUT2D eigenvalue weighted by atomic mass is 10.0. The molecule has 0 aliphatic heterocycles. The van der Waals surface area contributed by atoms with Gasteiger partial charge in [0.15, 0.2) is 0 Å². The molecule has 0 aromatic carbocycles. The van der Waals surface area contributed by atoms with Crippen LogP contribution in [0.25, 0.3) is 0 Å². The molecule has 0 aliphatic rings. The summed E-state index contributed by atoms with van der Waals surface area (Å²) in [5.74, 6) is 1.34. The van der Waals surface area contributed by atoms with Crippen LogP contribution in [0, 0.1) is 5.92 Å². The molecule has 102 valence electrons. The normalized spacial score (nSPS) is 14.2. The summed E-state index contributed by atoms with van der Waals surface area (Å²) in [5.41, 5.74) is 6.82. The van der Waals surface area contributed by atoms with Crippen molar-refractivity contribution in [3.63, 3.8) is 0 Å². The van der Waals surface area contributed by atoms with Gasteiger partial charge in [-0.25, -0.2) is 4.98 Å². The van der Waals surface area contributed by atoms with Crippen molar-refractivity contribution < 1.29 is 4.74 Å². The SMILES string of the molecule is CCCCC(CC)COc1ccc(C(C)N)cn1. The molecule has 0 bridgehead atoms. The highest BCUT2D eigenvalue weighted by Gasteiger charge is 2.07. The first-order valence-electron chi connectivity index (χ1n) is 7.01. The minimum absolute atomic E-state index is 0.0273. The third kappa shape index (κ3) is 5.05. The average molecular weight is 250 g/mol. The smallest absolute Gasteiger partial charge is 0.213 e. The Labute approximate surface area is 111 Å². The maximum atomic E-state index is 5.78. The van der Waals surface area contributed by atoms with Crippen LogP contribution in [0.4, 0.5) is 0 Å². The van der Waals surface area contributed by atoms with E-state index in [2.05, 4.69) is 18.8 Å². The van der Waals surface area contributed by atoms with Crippen molar-refractivity contribution in [3.8, 4) is 5.88 Å². The predicted molar refractivity (Wildman–Crippen MR) is 75.6 cm³/mol. The lowest BCUT2D eigenvalue weighted by molar-refractivity contribution is 0.226. The van der Waals surface area contributed by atoms with Crippen LogP contribution in [0.15, 0.2) is 18.3 Å². The van der Waals surface area contributed by atoms with E-state index >= 15 is 0 Å². The summed E-state index contributed by atoms with van der Waals surface area (Å²) in [7, 11) is 0. The molecule has 0 saturated heterocycles. The van der Waals surface area contributed by atoms with Crippen molar-refractivity contribution in [1.29, 1.82) is 0 Å². The third-order valence-corrected chi connectivity index (χ3v) is 3.30. The Bertz CT molecular complexity index is 322. The van der Waals surface area contributed by atoms with Crippen molar-refractivity contribution in [3.05, 3.63) is 23.9 Å². The summed E-state index contributed by atoms with van der Waals surface area (Å²) in [4.78, 5) is 4.28. The number of ether oxygens (including phenoxy) is 1. The van der Waals surface area contributed by atoms with Crippen molar-refractivity contribution >= 4 is 0 Å². The standard InChI is InChI=1S/C15H26N2O/c1-4-6-7-13(5-2)11-18-15-9-8-14(10-17-15)12(3)16/h8-10,12-13H,4-7,11,16H2,1-3H3. The number of nitrogens with two attached hydrogens (primary N) is 1. The fraction of sp³-hybridized carbons (Fsp3) is 0.667. The van der Waals surface area contributed by atoms with E-state index in [0.29, 0.717) is 11.8 Å². The van der Waals surface area contributed by atoms with E-state index in [1.807, 2.05) is 19.1 Å². The van der Waals surface area contributed by atoms with Crippen molar-refractivity contribution in [2.24, 2.45) is 11.7 Å². The van der Waals surface area contributed by atoms with Crippen LogP contribution >= 0.6 is 0 Å². The Hall–Kier alpha value is -1.09. The lowest BCUT2D eigenvalue weighted by Crippen LogP contribution is -2.12. The van der Waals surface area contributed by atoms with Gasteiger partial charge in [-0.15, -0.1) is 0 Å². The average Bonchev–Trinajstić information content (AvgIpc) is 2.39. The number of nitrogens with zero attached hydrogens (tertiary/aromatic N) is 1. The molecule has 3 nitrogen and oxygen atoms in total. The first kappa shape index (κ1) is 15.0. The van der Waals surface area contributed by atoms with Crippen LogP contribution in [0.1, 0.15) is 58.1 Å². The van der Waals surface area contributed by atoms with E-state index in [0.717, 1.165) is 18.6 Å². The molecule has 2 atom stereocenters. The van der Waals surface area contributed by atoms with Crippen LogP contribution in [0.5, 0.6) is 5.88 Å². The Morgan fingerprint density at radius 1 is 1.33 bits per heavy atom.